The summed E-state index contributed by atoms with van der Waals surface area (Å²) in [6.07, 6.45) is 6.29. The molecule has 1 aromatic carbocycles. The molecule has 1 saturated heterocycles. The third kappa shape index (κ3) is 4.72. The van der Waals surface area contributed by atoms with Crippen molar-refractivity contribution in [3.8, 4) is 0 Å². The lowest BCUT2D eigenvalue weighted by Crippen LogP contribution is -2.55. The highest BCUT2D eigenvalue weighted by Gasteiger charge is 2.42. The van der Waals surface area contributed by atoms with E-state index in [4.69, 9.17) is 0 Å². The molecule has 1 aliphatic heterocycles. The van der Waals surface area contributed by atoms with Crippen LogP contribution >= 0.6 is 0 Å². The number of hydrogen-bond acceptors (Lipinski definition) is 6. The molecule has 3 aromatic rings. The van der Waals surface area contributed by atoms with Crippen molar-refractivity contribution in [2.45, 2.75) is 44.0 Å². The van der Waals surface area contributed by atoms with E-state index in [2.05, 4.69) is 25.3 Å². The first kappa shape index (κ1) is 21.3. The van der Waals surface area contributed by atoms with Crippen LogP contribution in [0.5, 0.6) is 0 Å². The predicted octanol–water partition coefficient (Wildman–Crippen LogP) is 2.80. The van der Waals surface area contributed by atoms with E-state index < -0.39 is 23.3 Å². The summed E-state index contributed by atoms with van der Waals surface area (Å²) in [5, 5.41) is 19.2. The minimum atomic E-state index is -1.62. The van der Waals surface area contributed by atoms with Gasteiger partial charge in [0.25, 0.3) is 0 Å². The van der Waals surface area contributed by atoms with Crippen LogP contribution in [-0.2, 0) is 12.1 Å². The average molecular weight is 428 g/mol. The topological polar surface area (TPSA) is 79.1 Å². The second-order valence-electron chi connectivity index (χ2n) is 7.99. The first-order valence-corrected chi connectivity index (χ1v) is 10.4. The highest BCUT2D eigenvalue weighted by Crippen LogP contribution is 2.34. The van der Waals surface area contributed by atoms with Gasteiger partial charge in [0, 0.05) is 43.0 Å². The first-order chi connectivity index (χ1) is 15.0. The zero-order valence-electron chi connectivity index (χ0n) is 17.3. The molecule has 3 heterocycles. The van der Waals surface area contributed by atoms with Gasteiger partial charge in [-0.1, -0.05) is 12.1 Å². The fourth-order valence-corrected chi connectivity index (χ4v) is 4.23. The fourth-order valence-electron chi connectivity index (χ4n) is 4.23. The number of piperidine rings is 1. The van der Waals surface area contributed by atoms with E-state index in [1.165, 1.54) is 29.5 Å². The Morgan fingerprint density at radius 3 is 2.68 bits per heavy atom. The molecule has 7 nitrogen and oxygen atoms in total. The summed E-state index contributed by atoms with van der Waals surface area (Å²) < 4.78 is 29.7. The first-order valence-electron chi connectivity index (χ1n) is 10.4. The number of nitrogens with zero attached hydrogens (tertiary/aromatic N) is 5. The van der Waals surface area contributed by atoms with Gasteiger partial charge in [-0.25, -0.2) is 23.4 Å². The van der Waals surface area contributed by atoms with Crippen LogP contribution in [0, 0.1) is 11.6 Å². The van der Waals surface area contributed by atoms with E-state index in [9.17, 15) is 13.9 Å². The molecule has 1 fully saturated rings. The molecule has 0 unspecified atom stereocenters. The zero-order chi connectivity index (χ0) is 21.8. The van der Waals surface area contributed by atoms with Gasteiger partial charge in [-0.15, -0.1) is 0 Å². The molecule has 2 aromatic heterocycles. The molecular formula is C22H26F2N6O. The van der Waals surface area contributed by atoms with Crippen molar-refractivity contribution in [1.82, 2.24) is 24.6 Å². The molecule has 4 rings (SSSR count). The molecule has 0 radical (unpaired) electrons. The van der Waals surface area contributed by atoms with E-state index in [-0.39, 0.29) is 18.2 Å². The molecular weight excluding hydrogens is 402 g/mol. The summed E-state index contributed by atoms with van der Waals surface area (Å²) in [6, 6.07) is 8.86. The van der Waals surface area contributed by atoms with Gasteiger partial charge in [-0.05, 0) is 38.0 Å². The largest absolute Gasteiger partial charge is 0.381 e. The van der Waals surface area contributed by atoms with Gasteiger partial charge in [0.15, 0.2) is 0 Å². The number of aliphatic hydroxyl groups is 1. The van der Waals surface area contributed by atoms with Crippen LogP contribution in [-0.4, -0.2) is 54.9 Å². The van der Waals surface area contributed by atoms with Gasteiger partial charge in [-0.2, -0.15) is 5.10 Å². The third-order valence-corrected chi connectivity index (χ3v) is 6.05. The number of aromatic nitrogens is 4. The van der Waals surface area contributed by atoms with Crippen molar-refractivity contribution < 1.29 is 13.9 Å². The SMILES string of the molecule is C[C@@H](N1CCC(Nc2ccccn2)CC1)[C@](O)(Cn1cncn1)c1ccc(F)cc1F. The van der Waals surface area contributed by atoms with Crippen molar-refractivity contribution in [3.63, 3.8) is 0 Å². The van der Waals surface area contributed by atoms with E-state index in [1.54, 1.807) is 6.20 Å². The maximum absolute atomic E-state index is 14.7. The number of halogens is 2. The molecule has 164 valence electrons. The summed E-state index contributed by atoms with van der Waals surface area (Å²) in [4.78, 5) is 10.4. The normalized spacial score (nSPS) is 18.5. The van der Waals surface area contributed by atoms with Crippen molar-refractivity contribution in [1.29, 1.82) is 0 Å². The standard InChI is InChI=1S/C22H26F2N6O/c1-16(29-10-7-18(8-11-29)28-21-4-2-3-9-26-21)22(31,13-30-15-25-14-27-30)19-6-5-17(23)12-20(19)24/h2-6,9,12,14-16,18,31H,7-8,10-11,13H2,1H3,(H,26,28)/t16-,22-/m1/s1. The molecule has 0 aliphatic carbocycles. The fraction of sp³-hybridized carbons (Fsp3) is 0.409. The van der Waals surface area contributed by atoms with Crippen LogP contribution in [0.2, 0.25) is 0 Å². The Balaban J connectivity index is 1.51. The number of nitrogens with one attached hydrogen (secondary N) is 1. The minimum Gasteiger partial charge on any atom is -0.381 e. The van der Waals surface area contributed by atoms with Crippen LogP contribution in [0.1, 0.15) is 25.3 Å². The lowest BCUT2D eigenvalue weighted by molar-refractivity contribution is -0.0686. The molecule has 2 N–H and O–H groups in total. The Bertz CT molecular complexity index is 979. The van der Waals surface area contributed by atoms with Crippen molar-refractivity contribution >= 4 is 5.82 Å². The molecule has 0 saturated carbocycles. The van der Waals surface area contributed by atoms with Crippen molar-refractivity contribution in [3.05, 3.63) is 72.4 Å². The Morgan fingerprint density at radius 2 is 2.03 bits per heavy atom. The summed E-state index contributed by atoms with van der Waals surface area (Å²) in [6.45, 7) is 3.30. The van der Waals surface area contributed by atoms with Gasteiger partial charge in [-0.3, -0.25) is 4.90 Å². The number of pyridine rings is 1. The van der Waals surface area contributed by atoms with Gasteiger partial charge in [0.05, 0.1) is 6.54 Å². The number of rotatable bonds is 7. The van der Waals surface area contributed by atoms with Crippen LogP contribution in [0.4, 0.5) is 14.6 Å². The quantitative estimate of drug-likeness (QED) is 0.603. The van der Waals surface area contributed by atoms with Gasteiger partial charge >= 0.3 is 0 Å². The van der Waals surface area contributed by atoms with Crippen molar-refractivity contribution in [2.24, 2.45) is 0 Å². The molecule has 0 amide bonds. The molecule has 0 spiro atoms. The van der Waals surface area contributed by atoms with Crippen LogP contribution in [0.15, 0.2) is 55.2 Å². The Hall–Kier alpha value is -2.91. The Morgan fingerprint density at radius 1 is 1.23 bits per heavy atom. The zero-order valence-corrected chi connectivity index (χ0v) is 17.3. The monoisotopic (exact) mass is 428 g/mol. The Kier molecular flexibility index (Phi) is 6.24. The van der Waals surface area contributed by atoms with Crippen LogP contribution in [0.3, 0.4) is 0 Å². The van der Waals surface area contributed by atoms with E-state index >= 15 is 0 Å². The molecule has 2 atom stereocenters. The number of likely N-dealkylation sites (tertiary alicyclic amines) is 1. The van der Waals surface area contributed by atoms with E-state index in [0.717, 1.165) is 24.7 Å². The second-order valence-corrected chi connectivity index (χ2v) is 7.99. The van der Waals surface area contributed by atoms with E-state index in [0.29, 0.717) is 13.1 Å². The van der Waals surface area contributed by atoms with Crippen molar-refractivity contribution in [2.75, 3.05) is 18.4 Å². The highest BCUT2D eigenvalue weighted by molar-refractivity contribution is 5.34. The average Bonchev–Trinajstić information content (AvgIpc) is 3.27. The number of hydrogen-bond donors (Lipinski definition) is 2. The number of anilines is 1. The van der Waals surface area contributed by atoms with Gasteiger partial charge < -0.3 is 10.4 Å². The summed E-state index contributed by atoms with van der Waals surface area (Å²) in [5.74, 6) is -0.621. The number of benzene rings is 1. The van der Waals surface area contributed by atoms with Crippen LogP contribution in [0.25, 0.3) is 0 Å². The highest BCUT2D eigenvalue weighted by atomic mass is 19.1. The lowest BCUT2D eigenvalue weighted by Gasteiger charge is -2.44. The lowest BCUT2D eigenvalue weighted by atomic mass is 9.84. The second kappa shape index (κ2) is 9.07. The van der Waals surface area contributed by atoms with Gasteiger partial charge in [0.2, 0.25) is 0 Å². The van der Waals surface area contributed by atoms with Gasteiger partial charge in [0.1, 0.15) is 35.7 Å². The smallest absolute Gasteiger partial charge is 0.137 e. The minimum absolute atomic E-state index is 0.00281. The van der Waals surface area contributed by atoms with E-state index in [1.807, 2.05) is 25.1 Å². The maximum Gasteiger partial charge on any atom is 0.137 e. The predicted molar refractivity (Wildman–Crippen MR) is 112 cm³/mol. The third-order valence-electron chi connectivity index (χ3n) is 6.05. The Labute approximate surface area is 179 Å². The van der Waals surface area contributed by atoms with Crippen LogP contribution < -0.4 is 5.32 Å². The molecule has 31 heavy (non-hydrogen) atoms. The molecule has 0 bridgehead atoms. The molecule has 9 heteroatoms. The molecule has 1 aliphatic rings. The summed E-state index contributed by atoms with van der Waals surface area (Å²) in [5.41, 5.74) is -1.57. The summed E-state index contributed by atoms with van der Waals surface area (Å²) in [7, 11) is 0. The maximum atomic E-state index is 14.7. The summed E-state index contributed by atoms with van der Waals surface area (Å²) >= 11 is 0.